The van der Waals surface area contributed by atoms with Crippen LogP contribution in [0.3, 0.4) is 0 Å². The molecule has 0 bridgehead atoms. The standard InChI is InChI=1S/C15H21NO/c17-13-15-9-5-11-16(12-15)10-4-8-14-6-2-1-3-7-14/h1-4,6-8,15,17H,5,9-13H2/b8-4+/t15-/m0/s1. The summed E-state index contributed by atoms with van der Waals surface area (Å²) in [4.78, 5) is 2.42. The molecular weight excluding hydrogens is 210 g/mol. The maximum atomic E-state index is 9.17. The van der Waals surface area contributed by atoms with Gasteiger partial charge in [-0.2, -0.15) is 0 Å². The molecule has 1 aliphatic rings. The molecule has 0 aromatic heterocycles. The molecule has 1 saturated heterocycles. The van der Waals surface area contributed by atoms with Crippen molar-refractivity contribution in [2.75, 3.05) is 26.2 Å². The first kappa shape index (κ1) is 12.3. The average molecular weight is 231 g/mol. The van der Waals surface area contributed by atoms with Gasteiger partial charge in [0.2, 0.25) is 0 Å². The summed E-state index contributed by atoms with van der Waals surface area (Å²) in [7, 11) is 0. The third-order valence-corrected chi connectivity index (χ3v) is 3.33. The normalized spacial score (nSPS) is 22.1. The molecular formula is C15H21NO. The Labute approximate surface area is 104 Å². The maximum absolute atomic E-state index is 9.17. The molecule has 1 heterocycles. The van der Waals surface area contributed by atoms with Gasteiger partial charge in [-0.05, 0) is 30.9 Å². The second kappa shape index (κ2) is 6.58. The summed E-state index contributed by atoms with van der Waals surface area (Å²) in [5.41, 5.74) is 1.25. The number of hydrogen-bond acceptors (Lipinski definition) is 2. The summed E-state index contributed by atoms with van der Waals surface area (Å²) < 4.78 is 0. The second-order valence-corrected chi connectivity index (χ2v) is 4.76. The lowest BCUT2D eigenvalue weighted by Gasteiger charge is -2.30. The lowest BCUT2D eigenvalue weighted by atomic mass is 9.99. The Hall–Kier alpha value is -1.12. The van der Waals surface area contributed by atoms with E-state index in [9.17, 15) is 0 Å². The Morgan fingerprint density at radius 2 is 2.12 bits per heavy atom. The molecule has 2 rings (SSSR count). The van der Waals surface area contributed by atoms with Crippen LogP contribution < -0.4 is 0 Å². The van der Waals surface area contributed by atoms with Crippen molar-refractivity contribution in [3.8, 4) is 0 Å². The Bertz CT molecular complexity index is 347. The molecule has 17 heavy (non-hydrogen) atoms. The molecule has 1 fully saturated rings. The van der Waals surface area contributed by atoms with Crippen molar-refractivity contribution >= 4 is 6.08 Å². The van der Waals surface area contributed by atoms with Gasteiger partial charge < -0.3 is 5.11 Å². The van der Waals surface area contributed by atoms with Gasteiger partial charge >= 0.3 is 0 Å². The van der Waals surface area contributed by atoms with E-state index in [1.54, 1.807) is 0 Å². The van der Waals surface area contributed by atoms with Crippen molar-refractivity contribution in [3.05, 3.63) is 42.0 Å². The van der Waals surface area contributed by atoms with E-state index in [1.165, 1.54) is 18.4 Å². The van der Waals surface area contributed by atoms with Crippen LogP contribution in [0.15, 0.2) is 36.4 Å². The van der Waals surface area contributed by atoms with Crippen molar-refractivity contribution in [1.29, 1.82) is 0 Å². The number of nitrogens with zero attached hydrogens (tertiary/aromatic N) is 1. The van der Waals surface area contributed by atoms with Crippen molar-refractivity contribution in [2.45, 2.75) is 12.8 Å². The first-order chi connectivity index (χ1) is 8.38. The third-order valence-electron chi connectivity index (χ3n) is 3.33. The minimum atomic E-state index is 0.332. The molecule has 1 aromatic carbocycles. The van der Waals surface area contributed by atoms with Crippen molar-refractivity contribution in [3.63, 3.8) is 0 Å². The van der Waals surface area contributed by atoms with E-state index >= 15 is 0 Å². The highest BCUT2D eigenvalue weighted by Gasteiger charge is 2.17. The van der Waals surface area contributed by atoms with Crippen LogP contribution in [-0.4, -0.2) is 36.2 Å². The third kappa shape index (κ3) is 3.99. The van der Waals surface area contributed by atoms with Crippen LogP contribution in [0.2, 0.25) is 0 Å². The first-order valence-electron chi connectivity index (χ1n) is 6.43. The summed E-state index contributed by atoms with van der Waals surface area (Å²) in [5.74, 6) is 0.480. The molecule has 1 atom stereocenters. The quantitative estimate of drug-likeness (QED) is 0.860. The number of benzene rings is 1. The average Bonchev–Trinajstić information content (AvgIpc) is 2.40. The van der Waals surface area contributed by atoms with Gasteiger partial charge in [0.05, 0.1) is 0 Å². The highest BCUT2D eigenvalue weighted by molar-refractivity contribution is 5.48. The van der Waals surface area contributed by atoms with Crippen LogP contribution >= 0.6 is 0 Å². The van der Waals surface area contributed by atoms with E-state index in [2.05, 4.69) is 41.3 Å². The monoisotopic (exact) mass is 231 g/mol. The molecule has 0 aliphatic carbocycles. The van der Waals surface area contributed by atoms with E-state index < -0.39 is 0 Å². The van der Waals surface area contributed by atoms with E-state index in [0.717, 1.165) is 19.6 Å². The van der Waals surface area contributed by atoms with Gasteiger partial charge in [-0.15, -0.1) is 0 Å². The Morgan fingerprint density at radius 1 is 1.29 bits per heavy atom. The van der Waals surface area contributed by atoms with Gasteiger partial charge in [-0.3, -0.25) is 4.90 Å². The predicted molar refractivity (Wildman–Crippen MR) is 71.7 cm³/mol. The van der Waals surface area contributed by atoms with Crippen LogP contribution in [0, 0.1) is 5.92 Å². The number of aliphatic hydroxyl groups excluding tert-OH is 1. The van der Waals surface area contributed by atoms with Crippen LogP contribution in [0.5, 0.6) is 0 Å². The van der Waals surface area contributed by atoms with E-state index in [1.807, 2.05) is 6.07 Å². The molecule has 1 N–H and O–H groups in total. The summed E-state index contributed by atoms with van der Waals surface area (Å²) in [6.45, 7) is 3.52. The SMILES string of the molecule is OC[C@H]1CCCN(C/C=C/c2ccccc2)C1. The summed E-state index contributed by atoms with van der Waals surface area (Å²) >= 11 is 0. The number of piperidine rings is 1. The first-order valence-corrected chi connectivity index (χ1v) is 6.43. The highest BCUT2D eigenvalue weighted by Crippen LogP contribution is 2.15. The molecule has 92 valence electrons. The Kier molecular flexibility index (Phi) is 4.77. The zero-order valence-electron chi connectivity index (χ0n) is 10.3. The summed E-state index contributed by atoms with van der Waals surface area (Å²) in [6.07, 6.45) is 6.78. The van der Waals surface area contributed by atoms with Crippen LogP contribution in [-0.2, 0) is 0 Å². The topological polar surface area (TPSA) is 23.5 Å². The maximum Gasteiger partial charge on any atom is 0.0471 e. The van der Waals surface area contributed by atoms with E-state index in [-0.39, 0.29) is 0 Å². The summed E-state index contributed by atoms with van der Waals surface area (Å²) in [5, 5.41) is 9.17. The van der Waals surface area contributed by atoms with Crippen molar-refractivity contribution in [2.24, 2.45) is 5.92 Å². The van der Waals surface area contributed by atoms with Gasteiger partial charge in [-0.25, -0.2) is 0 Å². The number of rotatable bonds is 4. The Morgan fingerprint density at radius 3 is 2.88 bits per heavy atom. The van der Waals surface area contributed by atoms with Crippen molar-refractivity contribution in [1.82, 2.24) is 4.90 Å². The fourth-order valence-corrected chi connectivity index (χ4v) is 2.37. The minimum Gasteiger partial charge on any atom is -0.396 e. The molecule has 0 unspecified atom stereocenters. The number of likely N-dealkylation sites (tertiary alicyclic amines) is 1. The lowest BCUT2D eigenvalue weighted by Crippen LogP contribution is -2.36. The largest absolute Gasteiger partial charge is 0.396 e. The fourth-order valence-electron chi connectivity index (χ4n) is 2.37. The van der Waals surface area contributed by atoms with Gasteiger partial charge in [0.1, 0.15) is 0 Å². The van der Waals surface area contributed by atoms with Crippen LogP contribution in [0.4, 0.5) is 0 Å². The molecule has 0 saturated carbocycles. The number of aliphatic hydroxyl groups is 1. The van der Waals surface area contributed by atoms with Gasteiger partial charge in [0.25, 0.3) is 0 Å². The molecule has 1 aliphatic heterocycles. The molecule has 0 amide bonds. The molecule has 2 heteroatoms. The van der Waals surface area contributed by atoms with E-state index in [0.29, 0.717) is 12.5 Å². The summed E-state index contributed by atoms with van der Waals surface area (Å²) in [6, 6.07) is 10.4. The zero-order valence-corrected chi connectivity index (χ0v) is 10.3. The molecule has 1 aromatic rings. The molecule has 2 nitrogen and oxygen atoms in total. The predicted octanol–water partition coefficient (Wildman–Crippen LogP) is 2.40. The van der Waals surface area contributed by atoms with Crippen LogP contribution in [0.1, 0.15) is 18.4 Å². The zero-order chi connectivity index (χ0) is 11.9. The van der Waals surface area contributed by atoms with Crippen LogP contribution in [0.25, 0.3) is 6.08 Å². The van der Waals surface area contributed by atoms with Crippen molar-refractivity contribution < 1.29 is 5.11 Å². The fraction of sp³-hybridized carbons (Fsp3) is 0.467. The second-order valence-electron chi connectivity index (χ2n) is 4.76. The molecule has 0 radical (unpaired) electrons. The number of hydrogen-bond donors (Lipinski definition) is 1. The van der Waals surface area contributed by atoms with Gasteiger partial charge in [-0.1, -0.05) is 42.5 Å². The van der Waals surface area contributed by atoms with Gasteiger partial charge in [0, 0.05) is 19.7 Å². The smallest absolute Gasteiger partial charge is 0.0471 e. The highest BCUT2D eigenvalue weighted by atomic mass is 16.3. The Balaban J connectivity index is 1.80. The molecule has 0 spiro atoms. The minimum absolute atomic E-state index is 0.332. The van der Waals surface area contributed by atoms with E-state index in [4.69, 9.17) is 5.11 Å². The lowest BCUT2D eigenvalue weighted by molar-refractivity contribution is 0.129. The van der Waals surface area contributed by atoms with Gasteiger partial charge in [0.15, 0.2) is 0 Å².